The quantitative estimate of drug-likeness (QED) is 0.154. The van der Waals surface area contributed by atoms with Gasteiger partial charge in [0, 0.05) is 23.5 Å². The van der Waals surface area contributed by atoms with E-state index in [0.717, 1.165) is 46.6 Å². The third-order valence-electron chi connectivity index (χ3n) is 6.81. The number of rotatable bonds is 15. The standard InChI is InChI=1S/C34H39N3O4/c1-2-3-4-5-9-20-40-32-18-16-28(17-19-32)30-22-35-33(36-23-30)29-14-12-26(13-15-29)21-31(24-38)37-34(39)41-25-27-10-7-6-8-11-27/h6-8,10-19,22-23,31,38H,2-5,9,20-21,24-25H2,1H3,(H,37,39)/t31-/m0/s1. The second-order valence-corrected chi connectivity index (χ2v) is 10.1. The zero-order valence-electron chi connectivity index (χ0n) is 23.7. The molecule has 4 aromatic rings. The van der Waals surface area contributed by atoms with Crippen LogP contribution in [-0.4, -0.2) is 40.4 Å². The number of ether oxygens (including phenoxy) is 2. The lowest BCUT2D eigenvalue weighted by Gasteiger charge is -2.16. The molecule has 3 aromatic carbocycles. The van der Waals surface area contributed by atoms with E-state index in [4.69, 9.17) is 9.47 Å². The Morgan fingerprint density at radius 1 is 0.805 bits per heavy atom. The van der Waals surface area contributed by atoms with Gasteiger partial charge in [-0.25, -0.2) is 14.8 Å². The molecule has 41 heavy (non-hydrogen) atoms. The number of benzene rings is 3. The normalized spacial score (nSPS) is 11.6. The van der Waals surface area contributed by atoms with Gasteiger partial charge in [-0.1, -0.05) is 99.3 Å². The SMILES string of the molecule is CCCCCCCOc1ccc(-c2cnc(-c3ccc(C[C@@H](CO)NC(=O)OCc4ccccc4)cc3)nc2)cc1. The van der Waals surface area contributed by atoms with E-state index >= 15 is 0 Å². The highest BCUT2D eigenvalue weighted by molar-refractivity contribution is 5.68. The molecule has 0 radical (unpaired) electrons. The van der Waals surface area contributed by atoms with E-state index in [1.165, 1.54) is 25.7 Å². The Morgan fingerprint density at radius 2 is 1.49 bits per heavy atom. The molecule has 1 aromatic heterocycles. The number of carbonyl (C=O) groups is 1. The maximum atomic E-state index is 12.2. The first-order chi connectivity index (χ1) is 20.1. The lowest BCUT2D eigenvalue weighted by Crippen LogP contribution is -2.39. The lowest BCUT2D eigenvalue weighted by atomic mass is 10.0. The predicted octanol–water partition coefficient (Wildman–Crippen LogP) is 6.99. The maximum absolute atomic E-state index is 12.2. The van der Waals surface area contributed by atoms with E-state index in [1.807, 2.05) is 91.3 Å². The van der Waals surface area contributed by atoms with Gasteiger partial charge >= 0.3 is 6.09 Å². The second kappa shape index (κ2) is 16.1. The number of alkyl carbamates (subject to hydrolysis) is 1. The summed E-state index contributed by atoms with van der Waals surface area (Å²) in [7, 11) is 0. The predicted molar refractivity (Wildman–Crippen MR) is 161 cm³/mol. The number of amides is 1. The fourth-order valence-electron chi connectivity index (χ4n) is 4.43. The number of carbonyl (C=O) groups excluding carboxylic acids is 1. The van der Waals surface area contributed by atoms with Crippen molar-refractivity contribution in [2.75, 3.05) is 13.2 Å². The minimum absolute atomic E-state index is 0.178. The van der Waals surface area contributed by atoms with E-state index in [1.54, 1.807) is 0 Å². The highest BCUT2D eigenvalue weighted by Gasteiger charge is 2.14. The van der Waals surface area contributed by atoms with Gasteiger partial charge in [0.1, 0.15) is 12.4 Å². The van der Waals surface area contributed by atoms with Crippen LogP contribution >= 0.6 is 0 Å². The van der Waals surface area contributed by atoms with Crippen molar-refractivity contribution in [3.05, 3.63) is 102 Å². The Hall–Kier alpha value is -4.23. The Morgan fingerprint density at radius 3 is 2.17 bits per heavy atom. The van der Waals surface area contributed by atoms with Crippen molar-refractivity contribution in [2.45, 2.75) is 58.1 Å². The molecule has 1 atom stereocenters. The van der Waals surface area contributed by atoms with Crippen LogP contribution in [0.5, 0.6) is 5.75 Å². The smallest absolute Gasteiger partial charge is 0.407 e. The summed E-state index contributed by atoms with van der Waals surface area (Å²) < 4.78 is 11.1. The molecule has 0 saturated heterocycles. The first-order valence-electron chi connectivity index (χ1n) is 14.4. The van der Waals surface area contributed by atoms with Crippen molar-refractivity contribution in [2.24, 2.45) is 0 Å². The van der Waals surface area contributed by atoms with Crippen molar-refractivity contribution in [1.29, 1.82) is 0 Å². The summed E-state index contributed by atoms with van der Waals surface area (Å²) in [6, 6.07) is 24.9. The molecule has 0 unspecified atom stereocenters. The summed E-state index contributed by atoms with van der Waals surface area (Å²) in [5, 5.41) is 12.5. The zero-order valence-corrected chi connectivity index (χ0v) is 23.7. The van der Waals surface area contributed by atoms with Crippen LogP contribution in [0.2, 0.25) is 0 Å². The molecule has 7 nitrogen and oxygen atoms in total. The molecule has 214 valence electrons. The number of nitrogens with one attached hydrogen (secondary N) is 1. The van der Waals surface area contributed by atoms with E-state index < -0.39 is 12.1 Å². The van der Waals surface area contributed by atoms with Crippen LogP contribution in [0.15, 0.2) is 91.3 Å². The van der Waals surface area contributed by atoms with Crippen molar-refractivity contribution < 1.29 is 19.4 Å². The fourth-order valence-corrected chi connectivity index (χ4v) is 4.43. The van der Waals surface area contributed by atoms with Crippen molar-refractivity contribution >= 4 is 6.09 Å². The number of hydrogen-bond acceptors (Lipinski definition) is 6. The molecule has 0 aliphatic carbocycles. The molecule has 4 rings (SSSR count). The first kappa shape index (κ1) is 29.7. The second-order valence-electron chi connectivity index (χ2n) is 10.1. The van der Waals surface area contributed by atoms with Crippen LogP contribution in [-0.2, 0) is 17.8 Å². The lowest BCUT2D eigenvalue weighted by molar-refractivity contribution is 0.129. The van der Waals surface area contributed by atoms with Crippen LogP contribution in [0, 0.1) is 0 Å². The van der Waals surface area contributed by atoms with Crippen LogP contribution in [0.25, 0.3) is 22.5 Å². The fraction of sp³-hybridized carbons (Fsp3) is 0.324. The molecule has 1 amide bonds. The minimum Gasteiger partial charge on any atom is -0.494 e. The van der Waals surface area contributed by atoms with Gasteiger partial charge in [-0.05, 0) is 41.7 Å². The average molecular weight is 554 g/mol. The van der Waals surface area contributed by atoms with Crippen LogP contribution in [0.3, 0.4) is 0 Å². The molecule has 0 spiro atoms. The highest BCUT2D eigenvalue weighted by Crippen LogP contribution is 2.23. The van der Waals surface area contributed by atoms with E-state index in [0.29, 0.717) is 12.2 Å². The average Bonchev–Trinajstić information content (AvgIpc) is 3.02. The Labute approximate surface area is 242 Å². The summed E-state index contributed by atoms with van der Waals surface area (Å²) in [5.41, 5.74) is 4.73. The molecular formula is C34H39N3O4. The molecule has 1 heterocycles. The van der Waals surface area contributed by atoms with Crippen molar-refractivity contribution in [3.8, 4) is 28.3 Å². The minimum atomic E-state index is -0.557. The summed E-state index contributed by atoms with van der Waals surface area (Å²) in [6.45, 7) is 2.95. The molecule has 7 heteroatoms. The highest BCUT2D eigenvalue weighted by atomic mass is 16.5. The van der Waals surface area contributed by atoms with Crippen molar-refractivity contribution in [1.82, 2.24) is 15.3 Å². The molecule has 0 saturated carbocycles. The largest absolute Gasteiger partial charge is 0.494 e. The van der Waals surface area contributed by atoms with Gasteiger partial charge in [0.05, 0.1) is 19.3 Å². The van der Waals surface area contributed by atoms with Gasteiger partial charge in [-0.2, -0.15) is 0 Å². The molecular weight excluding hydrogens is 514 g/mol. The number of aromatic nitrogens is 2. The number of hydrogen-bond donors (Lipinski definition) is 2. The third-order valence-corrected chi connectivity index (χ3v) is 6.81. The van der Waals surface area contributed by atoms with E-state index in [9.17, 15) is 9.90 Å². The Bertz CT molecular complexity index is 1310. The monoisotopic (exact) mass is 553 g/mol. The zero-order chi connectivity index (χ0) is 28.7. The third kappa shape index (κ3) is 9.72. The van der Waals surface area contributed by atoms with Gasteiger partial charge in [-0.3, -0.25) is 0 Å². The molecule has 0 fully saturated rings. The number of aliphatic hydroxyl groups is 1. The molecule has 0 bridgehead atoms. The first-order valence-corrected chi connectivity index (χ1v) is 14.4. The topological polar surface area (TPSA) is 93.6 Å². The van der Waals surface area contributed by atoms with Gasteiger partial charge in [0.2, 0.25) is 0 Å². The Balaban J connectivity index is 1.25. The van der Waals surface area contributed by atoms with E-state index in [2.05, 4.69) is 22.2 Å². The number of nitrogens with zero attached hydrogens (tertiary/aromatic N) is 2. The maximum Gasteiger partial charge on any atom is 0.407 e. The van der Waals surface area contributed by atoms with Crippen LogP contribution in [0.4, 0.5) is 4.79 Å². The summed E-state index contributed by atoms with van der Waals surface area (Å²) in [6.07, 6.45) is 9.67. The molecule has 0 aliphatic rings. The van der Waals surface area contributed by atoms with E-state index in [-0.39, 0.29) is 13.2 Å². The molecule has 2 N–H and O–H groups in total. The van der Waals surface area contributed by atoms with Crippen LogP contribution < -0.4 is 10.1 Å². The summed E-state index contributed by atoms with van der Waals surface area (Å²) >= 11 is 0. The van der Waals surface area contributed by atoms with Crippen molar-refractivity contribution in [3.63, 3.8) is 0 Å². The molecule has 0 aliphatic heterocycles. The van der Waals surface area contributed by atoms with Gasteiger partial charge in [-0.15, -0.1) is 0 Å². The van der Waals surface area contributed by atoms with Gasteiger partial charge in [0.25, 0.3) is 0 Å². The summed E-state index contributed by atoms with van der Waals surface area (Å²) in [5.74, 6) is 1.51. The number of unbranched alkanes of at least 4 members (excludes halogenated alkanes) is 4. The van der Waals surface area contributed by atoms with Gasteiger partial charge in [0.15, 0.2) is 5.82 Å². The summed E-state index contributed by atoms with van der Waals surface area (Å²) in [4.78, 5) is 21.3. The Kier molecular flexibility index (Phi) is 11.7. The number of aliphatic hydroxyl groups excluding tert-OH is 1. The van der Waals surface area contributed by atoms with Crippen LogP contribution in [0.1, 0.15) is 50.2 Å². The van der Waals surface area contributed by atoms with Gasteiger partial charge < -0.3 is 19.9 Å².